The average Bonchev–Trinajstić information content (AvgIpc) is 3.20. The molecule has 36 heavy (non-hydrogen) atoms. The summed E-state index contributed by atoms with van der Waals surface area (Å²) in [6.45, 7) is 2.86. The number of pyridine rings is 1. The summed E-state index contributed by atoms with van der Waals surface area (Å²) in [5, 5.41) is 13.2. The highest BCUT2D eigenvalue weighted by Crippen LogP contribution is 2.37. The van der Waals surface area contributed by atoms with Gasteiger partial charge < -0.3 is 14.8 Å². The van der Waals surface area contributed by atoms with E-state index >= 15 is 0 Å². The molecule has 2 fully saturated rings. The number of aromatic nitrogens is 4. The minimum absolute atomic E-state index is 0.0294. The number of carbonyl (C=O) groups is 1. The molecular formula is C27H30ClN5O3. The Hall–Kier alpha value is -2.97. The molecule has 3 aromatic rings. The molecular weight excluding hydrogens is 478 g/mol. The Bertz CT molecular complexity index is 1250. The van der Waals surface area contributed by atoms with Crippen LogP contribution in [-0.4, -0.2) is 51.0 Å². The molecule has 1 N–H and O–H groups in total. The molecule has 1 aliphatic carbocycles. The highest BCUT2D eigenvalue weighted by Gasteiger charge is 2.42. The number of hydrogen-bond donors (Lipinski definition) is 1. The highest BCUT2D eigenvalue weighted by atomic mass is 35.5. The van der Waals surface area contributed by atoms with Crippen molar-refractivity contribution in [3.8, 4) is 11.6 Å². The third-order valence-corrected chi connectivity index (χ3v) is 7.86. The average molecular weight is 508 g/mol. The lowest BCUT2D eigenvalue weighted by molar-refractivity contribution is -0.158. The number of carbonyl (C=O) groups excluding carboxylic acids is 1. The molecule has 1 atom stereocenters. The SMILES string of the molecule is CC1(C(=O)N[C@H]2Cc3cc(Cl)ccc3-n3c(nnc3[C@H]3CC[C@H](Oc4ccccn4)CC3)C2)COC1. The zero-order valence-corrected chi connectivity index (χ0v) is 21.1. The van der Waals surface area contributed by atoms with Gasteiger partial charge in [-0.25, -0.2) is 4.98 Å². The van der Waals surface area contributed by atoms with E-state index in [-0.39, 0.29) is 24.0 Å². The molecule has 1 saturated heterocycles. The molecule has 2 aliphatic heterocycles. The van der Waals surface area contributed by atoms with Crippen LogP contribution in [-0.2, 0) is 22.4 Å². The summed E-state index contributed by atoms with van der Waals surface area (Å²) in [5.41, 5.74) is 1.68. The largest absolute Gasteiger partial charge is 0.474 e. The lowest BCUT2D eigenvalue weighted by Gasteiger charge is -2.37. The molecule has 188 valence electrons. The quantitative estimate of drug-likeness (QED) is 0.560. The van der Waals surface area contributed by atoms with E-state index < -0.39 is 5.41 Å². The fourth-order valence-electron chi connectivity index (χ4n) is 5.51. The Morgan fingerprint density at radius 3 is 2.69 bits per heavy atom. The zero-order chi connectivity index (χ0) is 24.7. The van der Waals surface area contributed by atoms with E-state index in [0.29, 0.717) is 37.0 Å². The van der Waals surface area contributed by atoms with Gasteiger partial charge in [-0.05, 0) is 68.9 Å². The van der Waals surface area contributed by atoms with Crippen molar-refractivity contribution in [1.82, 2.24) is 25.1 Å². The Morgan fingerprint density at radius 1 is 1.14 bits per heavy atom. The van der Waals surface area contributed by atoms with Gasteiger partial charge in [-0.2, -0.15) is 0 Å². The molecule has 3 aliphatic rings. The van der Waals surface area contributed by atoms with Gasteiger partial charge in [0.2, 0.25) is 11.8 Å². The number of ether oxygens (including phenoxy) is 2. The standard InChI is InChI=1S/C27H30ClN5O3/c1-27(15-35-16-27)26(34)30-20-13-18-12-19(28)7-10-22(18)33-23(14-20)31-32-25(33)17-5-8-21(9-6-17)36-24-4-2-3-11-29-24/h2-4,7,10-12,17,20-21H,5-6,8-9,13-16H2,1H3,(H,30,34)/t17-,20-,21-/m0/s1. The first-order valence-electron chi connectivity index (χ1n) is 12.7. The Labute approximate surface area is 215 Å². The van der Waals surface area contributed by atoms with Gasteiger partial charge in [-0.1, -0.05) is 17.7 Å². The van der Waals surface area contributed by atoms with Crippen LogP contribution in [0.15, 0.2) is 42.6 Å². The second-order valence-corrected chi connectivity index (χ2v) is 10.9. The topological polar surface area (TPSA) is 91.2 Å². The van der Waals surface area contributed by atoms with E-state index in [1.165, 1.54) is 0 Å². The maximum absolute atomic E-state index is 13.0. The van der Waals surface area contributed by atoms with Gasteiger partial charge in [0, 0.05) is 35.7 Å². The van der Waals surface area contributed by atoms with Crippen LogP contribution >= 0.6 is 11.6 Å². The third kappa shape index (κ3) is 4.48. The predicted octanol–water partition coefficient (Wildman–Crippen LogP) is 4.04. The number of nitrogens with one attached hydrogen (secondary N) is 1. The van der Waals surface area contributed by atoms with Crippen LogP contribution in [0.3, 0.4) is 0 Å². The van der Waals surface area contributed by atoms with Crippen LogP contribution in [0.1, 0.15) is 55.7 Å². The summed E-state index contributed by atoms with van der Waals surface area (Å²) >= 11 is 6.40. The Morgan fingerprint density at radius 2 is 1.97 bits per heavy atom. The van der Waals surface area contributed by atoms with Gasteiger partial charge in [0.15, 0.2) is 0 Å². The number of rotatable bonds is 5. The van der Waals surface area contributed by atoms with E-state index in [1.807, 2.05) is 37.3 Å². The minimum atomic E-state index is -0.460. The molecule has 1 amide bonds. The van der Waals surface area contributed by atoms with Crippen molar-refractivity contribution < 1.29 is 14.3 Å². The fraction of sp³-hybridized carbons (Fsp3) is 0.481. The molecule has 1 aromatic carbocycles. The second kappa shape index (κ2) is 9.48. The van der Waals surface area contributed by atoms with Crippen molar-refractivity contribution in [3.05, 3.63) is 64.8 Å². The normalized spacial score (nSPS) is 24.6. The number of nitrogens with zero attached hydrogens (tertiary/aromatic N) is 4. The zero-order valence-electron chi connectivity index (χ0n) is 20.3. The first-order valence-corrected chi connectivity index (χ1v) is 13.1. The number of fused-ring (bicyclic) bond motifs is 3. The molecule has 9 heteroatoms. The van der Waals surface area contributed by atoms with Crippen LogP contribution in [0.25, 0.3) is 5.69 Å². The van der Waals surface area contributed by atoms with Crippen LogP contribution in [0.2, 0.25) is 5.02 Å². The fourth-order valence-corrected chi connectivity index (χ4v) is 5.71. The van der Waals surface area contributed by atoms with Gasteiger partial charge >= 0.3 is 0 Å². The lowest BCUT2D eigenvalue weighted by Crippen LogP contribution is -2.54. The Kier molecular flexibility index (Phi) is 6.17. The summed E-state index contributed by atoms with van der Waals surface area (Å²) < 4.78 is 13.6. The van der Waals surface area contributed by atoms with E-state index in [9.17, 15) is 4.79 Å². The molecule has 0 unspecified atom stereocenters. The molecule has 0 spiro atoms. The van der Waals surface area contributed by atoms with Gasteiger partial charge in [-0.3, -0.25) is 9.36 Å². The molecule has 6 rings (SSSR count). The van der Waals surface area contributed by atoms with Crippen molar-refractivity contribution >= 4 is 17.5 Å². The predicted molar refractivity (Wildman–Crippen MR) is 134 cm³/mol. The number of amides is 1. The number of halogens is 1. The molecule has 2 aromatic heterocycles. The third-order valence-electron chi connectivity index (χ3n) is 7.62. The lowest BCUT2D eigenvalue weighted by atomic mass is 9.86. The van der Waals surface area contributed by atoms with Crippen molar-refractivity contribution in [1.29, 1.82) is 0 Å². The monoisotopic (exact) mass is 507 g/mol. The highest BCUT2D eigenvalue weighted by molar-refractivity contribution is 6.30. The number of benzene rings is 1. The Balaban J connectivity index is 1.23. The number of hydrogen-bond acceptors (Lipinski definition) is 6. The smallest absolute Gasteiger partial charge is 0.230 e. The van der Waals surface area contributed by atoms with Crippen molar-refractivity contribution in [2.45, 2.75) is 63.5 Å². The maximum Gasteiger partial charge on any atom is 0.230 e. The molecule has 0 bridgehead atoms. The summed E-state index contributed by atoms with van der Waals surface area (Å²) in [6, 6.07) is 11.6. The van der Waals surface area contributed by atoms with Gasteiger partial charge in [0.05, 0.1) is 24.3 Å². The van der Waals surface area contributed by atoms with E-state index in [2.05, 4.69) is 31.1 Å². The van der Waals surface area contributed by atoms with E-state index in [1.54, 1.807) is 6.20 Å². The van der Waals surface area contributed by atoms with Crippen LogP contribution in [0.4, 0.5) is 0 Å². The summed E-state index contributed by atoms with van der Waals surface area (Å²) in [4.78, 5) is 17.3. The van der Waals surface area contributed by atoms with E-state index in [0.717, 1.165) is 48.6 Å². The summed E-state index contributed by atoms with van der Waals surface area (Å²) in [6.07, 6.45) is 7.03. The van der Waals surface area contributed by atoms with Gasteiger partial charge in [0.25, 0.3) is 0 Å². The molecule has 0 radical (unpaired) electrons. The summed E-state index contributed by atoms with van der Waals surface area (Å²) in [5.74, 6) is 2.85. The van der Waals surface area contributed by atoms with E-state index in [4.69, 9.17) is 21.1 Å². The van der Waals surface area contributed by atoms with Crippen LogP contribution in [0, 0.1) is 5.41 Å². The van der Waals surface area contributed by atoms with Gasteiger partial charge in [-0.15, -0.1) is 10.2 Å². The second-order valence-electron chi connectivity index (χ2n) is 10.5. The maximum atomic E-state index is 13.0. The molecule has 8 nitrogen and oxygen atoms in total. The van der Waals surface area contributed by atoms with Crippen molar-refractivity contribution in [2.75, 3.05) is 13.2 Å². The first-order chi connectivity index (χ1) is 17.5. The molecule has 4 heterocycles. The van der Waals surface area contributed by atoms with Crippen molar-refractivity contribution in [3.63, 3.8) is 0 Å². The first kappa shape index (κ1) is 23.4. The van der Waals surface area contributed by atoms with Gasteiger partial charge in [0.1, 0.15) is 17.8 Å². The summed E-state index contributed by atoms with van der Waals surface area (Å²) in [7, 11) is 0. The minimum Gasteiger partial charge on any atom is -0.474 e. The van der Waals surface area contributed by atoms with Crippen LogP contribution in [0.5, 0.6) is 5.88 Å². The van der Waals surface area contributed by atoms with Crippen molar-refractivity contribution in [2.24, 2.45) is 5.41 Å². The molecule has 1 saturated carbocycles. The van der Waals surface area contributed by atoms with Crippen LogP contribution < -0.4 is 10.1 Å².